The van der Waals surface area contributed by atoms with E-state index in [1.807, 2.05) is 30.5 Å². The van der Waals surface area contributed by atoms with E-state index in [0.717, 1.165) is 58.8 Å². The van der Waals surface area contributed by atoms with Crippen molar-refractivity contribution in [1.82, 2.24) is 9.88 Å². The first-order valence-electron chi connectivity index (χ1n) is 23.2. The average Bonchev–Trinajstić information content (AvgIpc) is 3.55. The molecular formula is C56H62N2O2. The van der Waals surface area contributed by atoms with Gasteiger partial charge in [-0.15, -0.1) is 0 Å². The van der Waals surface area contributed by atoms with Crippen LogP contribution in [0.4, 0.5) is 0 Å². The maximum atomic E-state index is 13.8. The molecule has 0 unspecified atom stereocenters. The number of hydrogen-bond donors (Lipinski definition) is 0. The third-order valence-corrected chi connectivity index (χ3v) is 13.5. The zero-order valence-corrected chi connectivity index (χ0v) is 36.2. The van der Waals surface area contributed by atoms with E-state index in [1.165, 1.54) is 115 Å². The lowest BCUT2D eigenvalue weighted by Crippen LogP contribution is -2.40. The number of benzene rings is 5. The highest BCUT2D eigenvalue weighted by Crippen LogP contribution is 2.56. The Balaban J connectivity index is 1.24. The molecular weight excluding hydrogens is 733 g/mol. The Morgan fingerprint density at radius 3 is 1.68 bits per heavy atom. The summed E-state index contributed by atoms with van der Waals surface area (Å²) in [6, 6.07) is 39.5. The quantitative estimate of drug-likeness (QED) is 0.0571. The number of nitrogens with zero attached hydrogens (tertiary/aromatic N) is 2. The van der Waals surface area contributed by atoms with Crippen LogP contribution >= 0.6 is 0 Å². The molecule has 5 aromatic carbocycles. The second-order valence-electron chi connectivity index (χ2n) is 17.4. The minimum Gasteiger partial charge on any atom is -0.274 e. The Hall–Kier alpha value is -5.35. The monoisotopic (exact) mass is 794 g/mol. The predicted octanol–water partition coefficient (Wildman–Crippen LogP) is 15.4. The van der Waals surface area contributed by atoms with E-state index in [2.05, 4.69) is 111 Å². The Morgan fingerprint density at radius 2 is 1.02 bits per heavy atom. The lowest BCUT2D eigenvalue weighted by molar-refractivity contribution is 0.0608. The summed E-state index contributed by atoms with van der Waals surface area (Å²) < 4.78 is 0. The van der Waals surface area contributed by atoms with Gasteiger partial charge >= 0.3 is 0 Å². The van der Waals surface area contributed by atoms with Crippen molar-refractivity contribution in [2.24, 2.45) is 0 Å². The van der Waals surface area contributed by atoms with E-state index < -0.39 is 0 Å². The standard InChI is InChI=1S/C56H62N2O2/c1-4-7-10-12-14-17-33-56(34-18-15-13-11-8-5-2)50-38-41(40-22-20-23-43(37-40)52-26-16-19-35-57-52)27-29-45(50)46-30-28-42(39-51(46)56)44-31-32-49-53-47(44)24-21-25-48(53)54(59)58(55(49)60)36-9-6-3/h16,19-32,35,37-39H,4-15,17-18,33-34,36H2,1-3H3. The number of aromatic nitrogens is 1. The van der Waals surface area contributed by atoms with Crippen LogP contribution in [-0.2, 0) is 5.41 Å². The first kappa shape index (κ1) is 41.4. The maximum absolute atomic E-state index is 13.8. The molecule has 0 N–H and O–H groups in total. The summed E-state index contributed by atoms with van der Waals surface area (Å²) in [4.78, 5) is 33.8. The molecule has 308 valence electrons. The molecule has 4 heteroatoms. The maximum Gasteiger partial charge on any atom is 0.261 e. The Bertz CT molecular complexity index is 2430. The van der Waals surface area contributed by atoms with Crippen molar-refractivity contribution in [3.8, 4) is 44.6 Å². The van der Waals surface area contributed by atoms with Gasteiger partial charge in [0.25, 0.3) is 11.8 Å². The van der Waals surface area contributed by atoms with E-state index in [9.17, 15) is 9.59 Å². The highest BCUT2D eigenvalue weighted by molar-refractivity contribution is 6.27. The third kappa shape index (κ3) is 8.10. The first-order chi connectivity index (χ1) is 29.5. The number of rotatable bonds is 20. The number of amides is 2. The van der Waals surface area contributed by atoms with Crippen molar-refractivity contribution in [3.63, 3.8) is 0 Å². The van der Waals surface area contributed by atoms with Gasteiger partial charge in [0.1, 0.15) is 0 Å². The summed E-state index contributed by atoms with van der Waals surface area (Å²) in [7, 11) is 0. The zero-order valence-electron chi connectivity index (χ0n) is 36.2. The molecule has 60 heavy (non-hydrogen) atoms. The van der Waals surface area contributed by atoms with Crippen LogP contribution in [-0.4, -0.2) is 28.2 Å². The summed E-state index contributed by atoms with van der Waals surface area (Å²) >= 11 is 0. The fourth-order valence-corrected chi connectivity index (χ4v) is 10.2. The zero-order chi connectivity index (χ0) is 41.5. The highest BCUT2D eigenvalue weighted by Gasteiger charge is 2.43. The number of imide groups is 1. The fourth-order valence-electron chi connectivity index (χ4n) is 10.2. The minimum atomic E-state index is -0.175. The van der Waals surface area contributed by atoms with Gasteiger partial charge in [0.05, 0.1) is 5.69 Å². The third-order valence-electron chi connectivity index (χ3n) is 13.5. The van der Waals surface area contributed by atoms with Crippen LogP contribution < -0.4 is 0 Å². The van der Waals surface area contributed by atoms with Crippen molar-refractivity contribution in [2.75, 3.05) is 6.54 Å². The highest BCUT2D eigenvalue weighted by atomic mass is 16.2. The molecule has 2 amide bonds. The average molecular weight is 795 g/mol. The van der Waals surface area contributed by atoms with Crippen molar-refractivity contribution in [1.29, 1.82) is 0 Å². The van der Waals surface area contributed by atoms with Crippen molar-refractivity contribution in [3.05, 3.63) is 138 Å². The van der Waals surface area contributed by atoms with Crippen LogP contribution in [0, 0.1) is 0 Å². The molecule has 0 saturated heterocycles. The molecule has 0 saturated carbocycles. The molecule has 1 aromatic heterocycles. The van der Waals surface area contributed by atoms with Gasteiger partial charge < -0.3 is 0 Å². The summed E-state index contributed by atoms with van der Waals surface area (Å²) in [6.07, 6.45) is 21.0. The molecule has 1 aliphatic heterocycles. The molecule has 0 fully saturated rings. The lowest BCUT2D eigenvalue weighted by atomic mass is 9.70. The summed E-state index contributed by atoms with van der Waals surface area (Å²) in [5.74, 6) is -0.349. The molecule has 8 rings (SSSR count). The Kier molecular flexibility index (Phi) is 13.1. The molecule has 0 bridgehead atoms. The smallest absolute Gasteiger partial charge is 0.261 e. The minimum absolute atomic E-state index is 0.122. The second-order valence-corrected chi connectivity index (χ2v) is 17.4. The van der Waals surface area contributed by atoms with E-state index in [0.29, 0.717) is 17.7 Å². The van der Waals surface area contributed by atoms with Crippen molar-refractivity contribution >= 4 is 22.6 Å². The first-order valence-corrected chi connectivity index (χ1v) is 23.2. The summed E-state index contributed by atoms with van der Waals surface area (Å²) in [6.45, 7) is 7.13. The van der Waals surface area contributed by atoms with Crippen LogP contribution in [0.2, 0.25) is 0 Å². The van der Waals surface area contributed by atoms with Crippen LogP contribution in [0.5, 0.6) is 0 Å². The van der Waals surface area contributed by atoms with Gasteiger partial charge in [-0.25, -0.2) is 0 Å². The topological polar surface area (TPSA) is 50.3 Å². The normalized spacial score (nSPS) is 13.9. The number of hydrogen-bond acceptors (Lipinski definition) is 3. The van der Waals surface area contributed by atoms with Gasteiger partial charge in [-0.2, -0.15) is 0 Å². The Morgan fingerprint density at radius 1 is 0.467 bits per heavy atom. The number of carbonyl (C=O) groups excluding carboxylic acids is 2. The van der Waals surface area contributed by atoms with Gasteiger partial charge in [0.2, 0.25) is 0 Å². The number of unbranched alkanes of at least 4 members (excludes halogenated alkanes) is 11. The molecule has 1 aliphatic carbocycles. The molecule has 4 nitrogen and oxygen atoms in total. The van der Waals surface area contributed by atoms with Crippen molar-refractivity contribution < 1.29 is 9.59 Å². The fraction of sp³-hybridized carbons (Fsp3) is 0.375. The number of pyridine rings is 1. The van der Waals surface area contributed by atoms with E-state index in [4.69, 9.17) is 0 Å². The molecule has 6 aromatic rings. The van der Waals surface area contributed by atoms with E-state index >= 15 is 0 Å². The SMILES string of the molecule is CCCCCCCCC1(CCCCCCCC)c2cc(-c3cccc(-c4ccccn4)c3)ccc2-c2ccc(-c3ccc4c5c(cccc35)C(=O)N(CCCC)C4=O)cc21. The van der Waals surface area contributed by atoms with E-state index in [1.54, 1.807) is 0 Å². The lowest BCUT2D eigenvalue weighted by Gasteiger charge is -2.33. The van der Waals surface area contributed by atoms with Crippen LogP contribution in [0.1, 0.15) is 155 Å². The Labute approximate surface area is 358 Å². The van der Waals surface area contributed by atoms with E-state index in [-0.39, 0.29) is 17.2 Å². The van der Waals surface area contributed by atoms with Gasteiger partial charge in [-0.05, 0) is 112 Å². The molecule has 0 atom stereocenters. The number of fused-ring (bicyclic) bond motifs is 3. The van der Waals surface area contributed by atoms with Crippen LogP contribution in [0.3, 0.4) is 0 Å². The van der Waals surface area contributed by atoms with Crippen LogP contribution in [0.15, 0.2) is 115 Å². The van der Waals surface area contributed by atoms with Crippen LogP contribution in [0.25, 0.3) is 55.4 Å². The number of carbonyl (C=O) groups is 2. The second kappa shape index (κ2) is 18.9. The van der Waals surface area contributed by atoms with Gasteiger partial charge in [-0.3, -0.25) is 19.5 Å². The summed E-state index contributed by atoms with van der Waals surface area (Å²) in [5.41, 5.74) is 13.6. The molecule has 2 heterocycles. The summed E-state index contributed by atoms with van der Waals surface area (Å²) in [5, 5.41) is 1.77. The largest absolute Gasteiger partial charge is 0.274 e. The van der Waals surface area contributed by atoms with Gasteiger partial charge in [-0.1, -0.05) is 171 Å². The molecule has 0 spiro atoms. The predicted molar refractivity (Wildman–Crippen MR) is 251 cm³/mol. The molecule has 2 aliphatic rings. The molecule has 0 radical (unpaired) electrons. The van der Waals surface area contributed by atoms with Gasteiger partial charge in [0.15, 0.2) is 0 Å². The van der Waals surface area contributed by atoms with Crippen molar-refractivity contribution in [2.45, 2.75) is 129 Å². The van der Waals surface area contributed by atoms with Gasteiger partial charge in [0, 0.05) is 40.2 Å².